The van der Waals surface area contributed by atoms with Crippen molar-refractivity contribution in [2.75, 3.05) is 0 Å². The van der Waals surface area contributed by atoms with Crippen molar-refractivity contribution in [3.05, 3.63) is 88.7 Å². The number of hydrogen-bond donors (Lipinski definition) is 0. The van der Waals surface area contributed by atoms with Crippen molar-refractivity contribution in [3.8, 4) is 16.9 Å². The second-order valence-corrected chi connectivity index (χ2v) is 9.43. The molecule has 1 saturated carbocycles. The fourth-order valence-corrected chi connectivity index (χ4v) is 5.00. The quantitative estimate of drug-likeness (QED) is 0.250. The average Bonchev–Trinajstić information content (AvgIpc) is 2.87. The lowest BCUT2D eigenvalue weighted by atomic mass is 9.77. The van der Waals surface area contributed by atoms with Gasteiger partial charge in [0.15, 0.2) is 11.6 Å². The average molecular weight is 481 g/mol. The Morgan fingerprint density at radius 1 is 0.886 bits per heavy atom. The number of aryl methyl sites for hydroxylation is 1. The van der Waals surface area contributed by atoms with E-state index in [4.69, 9.17) is 4.74 Å². The van der Waals surface area contributed by atoms with Gasteiger partial charge in [0, 0.05) is 5.56 Å². The number of carbonyl (C=O) groups is 1. The molecule has 35 heavy (non-hydrogen) atoms. The Labute approximate surface area is 205 Å². The largest absolute Gasteiger partial charge is 0.423 e. The molecule has 4 rings (SSSR count). The van der Waals surface area contributed by atoms with Crippen molar-refractivity contribution >= 4 is 5.97 Å². The number of esters is 1. The van der Waals surface area contributed by atoms with Crippen molar-refractivity contribution in [2.45, 2.75) is 64.7 Å². The molecule has 0 aromatic heterocycles. The molecule has 0 atom stereocenters. The third-order valence-electron chi connectivity index (χ3n) is 7.16. The SMILES string of the molecule is CCCc1ccc(C(=O)Oc2ccc(-c3ccc(C4CCC(CC)CC4)c(F)c3F)cc2)cc1F. The molecule has 0 radical (unpaired) electrons. The summed E-state index contributed by atoms with van der Waals surface area (Å²) in [6.07, 6.45) is 6.43. The van der Waals surface area contributed by atoms with Crippen LogP contribution < -0.4 is 4.74 Å². The summed E-state index contributed by atoms with van der Waals surface area (Å²) in [5, 5.41) is 0. The highest BCUT2D eigenvalue weighted by atomic mass is 19.2. The monoisotopic (exact) mass is 480 g/mol. The second-order valence-electron chi connectivity index (χ2n) is 9.43. The molecule has 3 aromatic rings. The van der Waals surface area contributed by atoms with Crippen LogP contribution in [-0.2, 0) is 6.42 Å². The lowest BCUT2D eigenvalue weighted by molar-refractivity contribution is 0.0734. The minimum atomic E-state index is -0.854. The molecule has 184 valence electrons. The molecule has 0 aliphatic heterocycles. The second kappa shape index (κ2) is 11.1. The van der Waals surface area contributed by atoms with Gasteiger partial charge in [-0.25, -0.2) is 18.0 Å². The summed E-state index contributed by atoms with van der Waals surface area (Å²) in [6, 6.07) is 13.8. The molecule has 0 amide bonds. The van der Waals surface area contributed by atoms with Crippen molar-refractivity contribution in [1.29, 1.82) is 0 Å². The maximum atomic E-state index is 15.0. The fourth-order valence-electron chi connectivity index (χ4n) is 5.00. The summed E-state index contributed by atoms with van der Waals surface area (Å²) in [7, 11) is 0. The molecule has 1 fully saturated rings. The lowest BCUT2D eigenvalue weighted by Crippen LogP contribution is -2.14. The Morgan fingerprint density at radius 2 is 1.60 bits per heavy atom. The van der Waals surface area contributed by atoms with Crippen LogP contribution in [-0.4, -0.2) is 5.97 Å². The molecular weight excluding hydrogens is 449 g/mol. The predicted molar refractivity (Wildman–Crippen MR) is 132 cm³/mol. The molecule has 0 N–H and O–H groups in total. The van der Waals surface area contributed by atoms with Crippen LogP contribution in [0.25, 0.3) is 11.1 Å². The first-order chi connectivity index (χ1) is 16.9. The Hall–Kier alpha value is -3.08. The van der Waals surface area contributed by atoms with Crippen molar-refractivity contribution in [2.24, 2.45) is 5.92 Å². The molecule has 0 saturated heterocycles. The summed E-state index contributed by atoms with van der Waals surface area (Å²) >= 11 is 0. The molecule has 0 spiro atoms. The Bertz CT molecular complexity index is 1180. The highest BCUT2D eigenvalue weighted by molar-refractivity contribution is 5.91. The van der Waals surface area contributed by atoms with Crippen LogP contribution >= 0.6 is 0 Å². The first-order valence-electron chi connectivity index (χ1n) is 12.5. The van der Waals surface area contributed by atoms with Crippen LogP contribution in [0, 0.1) is 23.4 Å². The van der Waals surface area contributed by atoms with Crippen LogP contribution in [0.15, 0.2) is 54.6 Å². The van der Waals surface area contributed by atoms with E-state index in [9.17, 15) is 13.6 Å². The smallest absolute Gasteiger partial charge is 0.343 e. The highest BCUT2D eigenvalue weighted by Gasteiger charge is 2.26. The van der Waals surface area contributed by atoms with E-state index in [1.165, 1.54) is 18.2 Å². The van der Waals surface area contributed by atoms with Gasteiger partial charge in [-0.2, -0.15) is 0 Å². The van der Waals surface area contributed by atoms with E-state index >= 15 is 4.39 Å². The number of benzene rings is 3. The van der Waals surface area contributed by atoms with Gasteiger partial charge in [-0.1, -0.05) is 57.0 Å². The summed E-state index contributed by atoms with van der Waals surface area (Å²) in [5.41, 5.74) is 1.78. The van der Waals surface area contributed by atoms with Gasteiger partial charge < -0.3 is 4.74 Å². The minimum Gasteiger partial charge on any atom is -0.423 e. The number of hydrogen-bond acceptors (Lipinski definition) is 2. The van der Waals surface area contributed by atoms with E-state index in [2.05, 4.69) is 6.92 Å². The predicted octanol–water partition coefficient (Wildman–Crippen LogP) is 8.63. The highest BCUT2D eigenvalue weighted by Crippen LogP contribution is 2.39. The molecule has 5 heteroatoms. The van der Waals surface area contributed by atoms with Crippen LogP contribution in [0.2, 0.25) is 0 Å². The first kappa shape index (κ1) is 25.0. The summed E-state index contributed by atoms with van der Waals surface area (Å²) in [4.78, 5) is 12.4. The minimum absolute atomic E-state index is 0.0593. The van der Waals surface area contributed by atoms with Crippen molar-refractivity contribution < 1.29 is 22.7 Å². The molecule has 1 aliphatic rings. The van der Waals surface area contributed by atoms with Gasteiger partial charge in [-0.3, -0.25) is 0 Å². The van der Waals surface area contributed by atoms with Gasteiger partial charge in [-0.05, 0) is 84.9 Å². The zero-order chi connectivity index (χ0) is 24.9. The molecule has 2 nitrogen and oxygen atoms in total. The normalized spacial score (nSPS) is 17.9. The number of rotatable bonds is 7. The maximum Gasteiger partial charge on any atom is 0.343 e. The third kappa shape index (κ3) is 5.61. The van der Waals surface area contributed by atoms with E-state index < -0.39 is 23.4 Å². The van der Waals surface area contributed by atoms with Gasteiger partial charge >= 0.3 is 5.97 Å². The molecule has 0 heterocycles. The maximum absolute atomic E-state index is 15.0. The van der Waals surface area contributed by atoms with Gasteiger partial charge in [0.1, 0.15) is 11.6 Å². The topological polar surface area (TPSA) is 26.3 Å². The zero-order valence-electron chi connectivity index (χ0n) is 20.3. The number of halogens is 3. The van der Waals surface area contributed by atoms with Crippen LogP contribution in [0.1, 0.15) is 79.8 Å². The summed E-state index contributed by atoms with van der Waals surface area (Å²) < 4.78 is 49.5. The van der Waals surface area contributed by atoms with E-state index in [1.54, 1.807) is 36.4 Å². The van der Waals surface area contributed by atoms with Crippen LogP contribution in [0.4, 0.5) is 13.2 Å². The summed E-state index contributed by atoms with van der Waals surface area (Å²) in [6.45, 7) is 4.13. The van der Waals surface area contributed by atoms with Gasteiger partial charge in [0.25, 0.3) is 0 Å². The molecule has 0 unspecified atom stereocenters. The Kier molecular flexibility index (Phi) is 7.94. The van der Waals surface area contributed by atoms with E-state index in [1.807, 2.05) is 6.92 Å². The molecule has 0 bridgehead atoms. The number of carbonyl (C=O) groups excluding carboxylic acids is 1. The van der Waals surface area contributed by atoms with Gasteiger partial charge in [-0.15, -0.1) is 0 Å². The molecular formula is C30H31F3O2. The van der Waals surface area contributed by atoms with Gasteiger partial charge in [0.05, 0.1) is 5.56 Å². The van der Waals surface area contributed by atoms with E-state index in [0.29, 0.717) is 29.0 Å². The fraction of sp³-hybridized carbons (Fsp3) is 0.367. The Balaban J connectivity index is 1.46. The standard InChI is InChI=1S/C30H31F3O2/c1-3-5-22-10-11-23(18-27(22)31)30(34)35-24-14-12-21(13-15-24)26-17-16-25(28(32)29(26)33)20-8-6-19(4-2)7-9-20/h10-20H,3-9H2,1-2H3. The van der Waals surface area contributed by atoms with E-state index in [-0.39, 0.29) is 22.8 Å². The summed E-state index contributed by atoms with van der Waals surface area (Å²) in [5.74, 6) is -1.76. The van der Waals surface area contributed by atoms with Crippen molar-refractivity contribution in [1.82, 2.24) is 0 Å². The molecule has 1 aliphatic carbocycles. The molecule has 3 aromatic carbocycles. The van der Waals surface area contributed by atoms with Gasteiger partial charge in [0.2, 0.25) is 0 Å². The van der Waals surface area contributed by atoms with E-state index in [0.717, 1.165) is 38.5 Å². The first-order valence-corrected chi connectivity index (χ1v) is 12.5. The Morgan fingerprint density at radius 3 is 2.23 bits per heavy atom. The van der Waals surface area contributed by atoms with Crippen molar-refractivity contribution in [3.63, 3.8) is 0 Å². The lowest BCUT2D eigenvalue weighted by Gasteiger charge is -2.28. The van der Waals surface area contributed by atoms with Crippen LogP contribution in [0.3, 0.4) is 0 Å². The third-order valence-corrected chi connectivity index (χ3v) is 7.16. The van der Waals surface area contributed by atoms with Crippen LogP contribution in [0.5, 0.6) is 5.75 Å². The number of ether oxygens (including phenoxy) is 1. The zero-order valence-corrected chi connectivity index (χ0v) is 20.3.